The lowest BCUT2D eigenvalue weighted by atomic mass is 9.88. The van der Waals surface area contributed by atoms with E-state index < -0.39 is 39.5 Å². The van der Waals surface area contributed by atoms with Gasteiger partial charge in [-0.1, -0.05) is 26.0 Å². The summed E-state index contributed by atoms with van der Waals surface area (Å²) in [6, 6.07) is 8.16. The smallest absolute Gasteiger partial charge is 0.369 e. The van der Waals surface area contributed by atoms with E-state index in [0.717, 1.165) is 12.1 Å². The molecule has 2 aromatic rings. The molecular formula is C19H16F6N2O3S. The molecule has 0 aromatic heterocycles. The van der Waals surface area contributed by atoms with Gasteiger partial charge in [-0.3, -0.25) is 4.72 Å². The number of alkyl halides is 6. The number of hydrogen-bond acceptors (Lipinski definition) is 4. The van der Waals surface area contributed by atoms with Crippen LogP contribution in [0.5, 0.6) is 0 Å². The van der Waals surface area contributed by atoms with Crippen molar-refractivity contribution >= 4 is 15.7 Å². The predicted molar refractivity (Wildman–Crippen MR) is 98.5 cm³/mol. The molecule has 0 heterocycles. The van der Waals surface area contributed by atoms with Gasteiger partial charge in [0.05, 0.1) is 22.2 Å². The van der Waals surface area contributed by atoms with Crippen LogP contribution in [0.2, 0.25) is 0 Å². The van der Waals surface area contributed by atoms with Gasteiger partial charge in [-0.25, -0.2) is 8.42 Å². The maximum absolute atomic E-state index is 13.2. The van der Waals surface area contributed by atoms with Crippen LogP contribution in [0, 0.1) is 11.3 Å². The van der Waals surface area contributed by atoms with E-state index in [0.29, 0.717) is 12.1 Å². The van der Waals surface area contributed by atoms with Gasteiger partial charge >= 0.3 is 12.4 Å². The molecule has 12 heteroatoms. The zero-order valence-electron chi connectivity index (χ0n) is 16.0. The van der Waals surface area contributed by atoms with E-state index in [1.54, 1.807) is 6.07 Å². The summed E-state index contributed by atoms with van der Waals surface area (Å²) in [5.74, 6) is -0.714. The molecule has 0 atom stereocenters. The molecule has 0 aliphatic heterocycles. The Morgan fingerprint density at radius 1 is 1.00 bits per heavy atom. The fourth-order valence-corrected chi connectivity index (χ4v) is 3.92. The van der Waals surface area contributed by atoms with Crippen molar-refractivity contribution in [1.29, 1.82) is 5.26 Å². The lowest BCUT2D eigenvalue weighted by molar-refractivity contribution is -0.376. The average Bonchev–Trinajstić information content (AvgIpc) is 2.65. The third-order valence-corrected chi connectivity index (χ3v) is 5.79. The number of rotatable bonds is 5. The maximum Gasteiger partial charge on any atom is 0.430 e. The van der Waals surface area contributed by atoms with Gasteiger partial charge in [-0.2, -0.15) is 31.6 Å². The summed E-state index contributed by atoms with van der Waals surface area (Å²) in [5.41, 5.74) is -7.08. The predicted octanol–water partition coefficient (Wildman–Crippen LogP) is 4.79. The van der Waals surface area contributed by atoms with Crippen molar-refractivity contribution in [2.75, 3.05) is 4.72 Å². The van der Waals surface area contributed by atoms with Crippen LogP contribution in [0.25, 0.3) is 0 Å². The van der Waals surface area contributed by atoms with E-state index in [1.807, 2.05) is 0 Å². The minimum Gasteiger partial charge on any atom is -0.369 e. The van der Waals surface area contributed by atoms with Crippen molar-refractivity contribution in [3.63, 3.8) is 0 Å². The molecular weight excluding hydrogens is 450 g/mol. The number of aliphatic hydroxyl groups is 1. The van der Waals surface area contributed by atoms with Crippen LogP contribution in [0.3, 0.4) is 0 Å². The van der Waals surface area contributed by atoms with Crippen LogP contribution in [0.4, 0.5) is 32.0 Å². The zero-order chi connectivity index (χ0) is 23.8. The van der Waals surface area contributed by atoms with E-state index in [2.05, 4.69) is 4.72 Å². The van der Waals surface area contributed by atoms with Gasteiger partial charge in [0.25, 0.3) is 15.6 Å². The molecule has 0 saturated heterocycles. The molecule has 0 fully saturated rings. The standard InChI is InChI=1S/C19H16F6N2O3S/c1-11(2)15-9-13(17(28,18(20,21)22)19(23,24)25)6-7-16(15)27-31(29,30)14-5-3-4-12(8-14)10-26/h3-9,11,27-28H,1-2H3. The van der Waals surface area contributed by atoms with Gasteiger partial charge in [0.1, 0.15) is 0 Å². The van der Waals surface area contributed by atoms with Crippen molar-refractivity contribution in [3.05, 3.63) is 59.2 Å². The van der Waals surface area contributed by atoms with Crippen molar-refractivity contribution in [2.24, 2.45) is 0 Å². The summed E-state index contributed by atoms with van der Waals surface area (Å²) in [6.45, 7) is 2.85. The van der Waals surface area contributed by atoms with Crippen molar-refractivity contribution in [3.8, 4) is 6.07 Å². The van der Waals surface area contributed by atoms with Crippen LogP contribution < -0.4 is 4.72 Å². The van der Waals surface area contributed by atoms with Gasteiger partial charge < -0.3 is 5.11 Å². The Bertz CT molecular complexity index is 1100. The van der Waals surface area contributed by atoms with Crippen LogP contribution >= 0.6 is 0 Å². The molecule has 0 aliphatic carbocycles. The number of anilines is 1. The van der Waals surface area contributed by atoms with Gasteiger partial charge in [0.15, 0.2) is 0 Å². The molecule has 0 saturated carbocycles. The first-order valence-corrected chi connectivity index (χ1v) is 10.1. The fraction of sp³-hybridized carbons (Fsp3) is 0.316. The van der Waals surface area contributed by atoms with Crippen molar-refractivity contribution < 1.29 is 39.9 Å². The van der Waals surface area contributed by atoms with Crippen LogP contribution in [-0.4, -0.2) is 25.9 Å². The van der Waals surface area contributed by atoms with E-state index in [1.165, 1.54) is 32.0 Å². The monoisotopic (exact) mass is 466 g/mol. The molecule has 0 aliphatic rings. The molecule has 2 aromatic carbocycles. The Balaban J connectivity index is 2.61. The topological polar surface area (TPSA) is 90.2 Å². The third kappa shape index (κ3) is 4.62. The molecule has 0 bridgehead atoms. The number of benzene rings is 2. The highest BCUT2D eigenvalue weighted by Gasteiger charge is 2.71. The number of nitrogens with zero attached hydrogens (tertiary/aromatic N) is 1. The maximum atomic E-state index is 13.2. The molecule has 0 unspecified atom stereocenters. The van der Waals surface area contributed by atoms with E-state index in [9.17, 15) is 39.9 Å². The summed E-state index contributed by atoms with van der Waals surface area (Å²) in [6.07, 6.45) is -12.1. The SMILES string of the molecule is CC(C)c1cc(C(O)(C(F)(F)F)C(F)(F)F)ccc1NS(=O)(=O)c1cccc(C#N)c1. The highest BCUT2D eigenvalue weighted by atomic mass is 32.2. The Hall–Kier alpha value is -2.78. The summed E-state index contributed by atoms with van der Waals surface area (Å²) < 4.78 is 106. The second kappa shape index (κ2) is 8.05. The second-order valence-corrected chi connectivity index (χ2v) is 8.59. The summed E-state index contributed by atoms with van der Waals surface area (Å²) in [5, 5.41) is 18.5. The number of halogens is 6. The average molecular weight is 466 g/mol. The molecule has 0 radical (unpaired) electrons. The Morgan fingerprint density at radius 3 is 2.06 bits per heavy atom. The lowest BCUT2D eigenvalue weighted by Gasteiger charge is -2.33. The summed E-state index contributed by atoms with van der Waals surface area (Å²) in [4.78, 5) is -0.326. The third-order valence-electron chi connectivity index (χ3n) is 4.43. The number of sulfonamides is 1. The number of nitrogens with one attached hydrogen (secondary N) is 1. The van der Waals surface area contributed by atoms with Crippen LogP contribution in [0.15, 0.2) is 47.4 Å². The lowest BCUT2D eigenvalue weighted by Crippen LogP contribution is -2.54. The highest BCUT2D eigenvalue weighted by molar-refractivity contribution is 7.92. The molecule has 2 rings (SSSR count). The van der Waals surface area contributed by atoms with Crippen molar-refractivity contribution in [2.45, 2.75) is 42.6 Å². The molecule has 0 amide bonds. The minimum atomic E-state index is -6.07. The number of nitriles is 1. The van der Waals surface area contributed by atoms with Gasteiger partial charge in [-0.15, -0.1) is 0 Å². The van der Waals surface area contributed by atoms with Crippen LogP contribution in [0.1, 0.15) is 36.5 Å². The Morgan fingerprint density at radius 2 is 1.58 bits per heavy atom. The molecule has 0 spiro atoms. The highest BCUT2D eigenvalue weighted by Crippen LogP contribution is 2.50. The second-order valence-electron chi connectivity index (χ2n) is 6.91. The van der Waals surface area contributed by atoms with Gasteiger partial charge in [-0.05, 0) is 41.8 Å². The zero-order valence-corrected chi connectivity index (χ0v) is 16.8. The van der Waals surface area contributed by atoms with E-state index >= 15 is 0 Å². The minimum absolute atomic E-state index is 0.0303. The largest absolute Gasteiger partial charge is 0.430 e. The Kier molecular flexibility index (Phi) is 6.36. The first kappa shape index (κ1) is 24.5. The van der Waals surface area contributed by atoms with E-state index in [-0.39, 0.29) is 21.7 Å². The quantitative estimate of drug-likeness (QED) is 0.620. The van der Waals surface area contributed by atoms with Crippen molar-refractivity contribution in [1.82, 2.24) is 0 Å². The molecule has 5 nitrogen and oxygen atoms in total. The molecule has 168 valence electrons. The van der Waals surface area contributed by atoms with Gasteiger partial charge in [0.2, 0.25) is 0 Å². The molecule has 31 heavy (non-hydrogen) atoms. The summed E-state index contributed by atoms with van der Waals surface area (Å²) >= 11 is 0. The Labute approximate surface area is 174 Å². The normalized spacial score (nSPS) is 13.2. The van der Waals surface area contributed by atoms with Crippen LogP contribution in [-0.2, 0) is 15.6 Å². The number of hydrogen-bond donors (Lipinski definition) is 2. The summed E-state index contributed by atoms with van der Waals surface area (Å²) in [7, 11) is -4.32. The first-order chi connectivity index (χ1) is 14.0. The van der Waals surface area contributed by atoms with Gasteiger partial charge in [0, 0.05) is 5.56 Å². The fourth-order valence-electron chi connectivity index (χ4n) is 2.78. The first-order valence-electron chi connectivity index (χ1n) is 8.58. The molecule has 2 N–H and O–H groups in total. The van der Waals surface area contributed by atoms with E-state index in [4.69, 9.17) is 5.26 Å².